The number of likely N-dealkylation sites (N-methyl/N-ethyl adjacent to an activating group) is 1. The Balaban J connectivity index is 2.80. The van der Waals surface area contributed by atoms with E-state index in [0.29, 0.717) is 5.75 Å². The van der Waals surface area contributed by atoms with Crippen molar-refractivity contribution in [3.05, 3.63) is 29.3 Å². The Labute approximate surface area is 99.6 Å². The zero-order valence-electron chi connectivity index (χ0n) is 10.1. The van der Waals surface area contributed by atoms with Gasteiger partial charge in [0, 0.05) is 14.1 Å². The van der Waals surface area contributed by atoms with Gasteiger partial charge < -0.3 is 14.7 Å². The second-order valence-electron chi connectivity index (χ2n) is 3.86. The molecule has 0 aliphatic rings. The van der Waals surface area contributed by atoms with E-state index in [4.69, 9.17) is 9.84 Å². The molecule has 1 rings (SSSR count). The van der Waals surface area contributed by atoms with Crippen LogP contribution in [0.4, 0.5) is 0 Å². The van der Waals surface area contributed by atoms with Crippen molar-refractivity contribution in [2.75, 3.05) is 20.7 Å². The lowest BCUT2D eigenvalue weighted by Gasteiger charge is -2.13. The highest BCUT2D eigenvalue weighted by atomic mass is 16.5. The third-order valence-corrected chi connectivity index (χ3v) is 2.29. The van der Waals surface area contributed by atoms with Crippen molar-refractivity contribution >= 4 is 11.9 Å². The fraction of sp³-hybridized carbons (Fsp3) is 0.333. The topological polar surface area (TPSA) is 66.8 Å². The number of aromatic carboxylic acids is 1. The van der Waals surface area contributed by atoms with Crippen molar-refractivity contribution in [1.82, 2.24) is 4.90 Å². The van der Waals surface area contributed by atoms with Gasteiger partial charge in [0.25, 0.3) is 5.91 Å². The van der Waals surface area contributed by atoms with E-state index < -0.39 is 5.97 Å². The number of carbonyl (C=O) groups excluding carboxylic acids is 1. The Morgan fingerprint density at radius 2 is 2.00 bits per heavy atom. The molecule has 0 aliphatic heterocycles. The molecule has 0 saturated carbocycles. The van der Waals surface area contributed by atoms with Crippen LogP contribution in [-0.4, -0.2) is 42.6 Å². The van der Waals surface area contributed by atoms with Crippen LogP contribution in [0, 0.1) is 6.92 Å². The molecule has 1 aromatic carbocycles. The first-order valence-corrected chi connectivity index (χ1v) is 5.08. The first-order chi connectivity index (χ1) is 7.91. The number of carboxylic acid groups (broad SMARTS) is 1. The third-order valence-electron chi connectivity index (χ3n) is 2.29. The summed E-state index contributed by atoms with van der Waals surface area (Å²) >= 11 is 0. The van der Waals surface area contributed by atoms with Crippen molar-refractivity contribution in [3.8, 4) is 5.75 Å². The molecule has 0 bridgehead atoms. The van der Waals surface area contributed by atoms with Gasteiger partial charge in [0.05, 0.1) is 5.56 Å². The van der Waals surface area contributed by atoms with Crippen LogP contribution in [0.2, 0.25) is 0 Å². The van der Waals surface area contributed by atoms with Crippen LogP contribution in [-0.2, 0) is 4.79 Å². The number of ether oxygens (including phenoxy) is 1. The Hall–Kier alpha value is -2.04. The third kappa shape index (κ3) is 3.48. The molecule has 0 fully saturated rings. The SMILES string of the molecule is Cc1ccc(C(=O)O)cc1OCC(=O)N(C)C. The first-order valence-electron chi connectivity index (χ1n) is 5.08. The van der Waals surface area contributed by atoms with Gasteiger partial charge in [-0.3, -0.25) is 4.79 Å². The van der Waals surface area contributed by atoms with Gasteiger partial charge in [0.15, 0.2) is 6.61 Å². The predicted molar refractivity (Wildman–Crippen MR) is 62.3 cm³/mol. The number of carbonyl (C=O) groups is 2. The molecule has 1 amide bonds. The largest absolute Gasteiger partial charge is 0.483 e. The monoisotopic (exact) mass is 237 g/mol. The van der Waals surface area contributed by atoms with Crippen LogP contribution < -0.4 is 4.74 Å². The normalized spacial score (nSPS) is 9.82. The van der Waals surface area contributed by atoms with E-state index in [0.717, 1.165) is 5.56 Å². The predicted octanol–water partition coefficient (Wildman–Crippen LogP) is 1.16. The van der Waals surface area contributed by atoms with E-state index in [9.17, 15) is 9.59 Å². The maximum absolute atomic E-state index is 11.3. The molecule has 0 unspecified atom stereocenters. The maximum atomic E-state index is 11.3. The van der Waals surface area contributed by atoms with Crippen molar-refractivity contribution < 1.29 is 19.4 Å². The minimum Gasteiger partial charge on any atom is -0.483 e. The molecule has 0 aromatic heterocycles. The smallest absolute Gasteiger partial charge is 0.335 e. The van der Waals surface area contributed by atoms with Crippen molar-refractivity contribution in [1.29, 1.82) is 0 Å². The molecular weight excluding hydrogens is 222 g/mol. The van der Waals surface area contributed by atoms with E-state index >= 15 is 0 Å². The summed E-state index contributed by atoms with van der Waals surface area (Å²) in [6, 6.07) is 4.57. The molecule has 0 aliphatic carbocycles. The number of amides is 1. The van der Waals surface area contributed by atoms with E-state index in [2.05, 4.69) is 0 Å². The quantitative estimate of drug-likeness (QED) is 0.853. The molecule has 0 heterocycles. The highest BCUT2D eigenvalue weighted by Gasteiger charge is 2.09. The van der Waals surface area contributed by atoms with Gasteiger partial charge in [-0.15, -0.1) is 0 Å². The number of nitrogens with zero attached hydrogens (tertiary/aromatic N) is 1. The lowest BCUT2D eigenvalue weighted by molar-refractivity contribution is -0.130. The van der Waals surface area contributed by atoms with E-state index in [1.807, 2.05) is 0 Å². The molecule has 1 aromatic rings. The standard InChI is InChI=1S/C12H15NO4/c1-8-4-5-9(12(15)16)6-10(8)17-7-11(14)13(2)3/h4-6H,7H2,1-3H3,(H,15,16). The molecule has 1 N–H and O–H groups in total. The Bertz CT molecular complexity index is 440. The maximum Gasteiger partial charge on any atom is 0.335 e. The van der Waals surface area contributed by atoms with Gasteiger partial charge in [-0.1, -0.05) is 6.07 Å². The minimum absolute atomic E-state index is 0.100. The van der Waals surface area contributed by atoms with Gasteiger partial charge in [0.2, 0.25) is 0 Å². The van der Waals surface area contributed by atoms with E-state index in [-0.39, 0.29) is 18.1 Å². The molecule has 5 heteroatoms. The van der Waals surface area contributed by atoms with Crippen LogP contribution in [0.5, 0.6) is 5.75 Å². The summed E-state index contributed by atoms with van der Waals surface area (Å²) in [6.07, 6.45) is 0. The average Bonchev–Trinajstić information content (AvgIpc) is 2.26. The molecule has 5 nitrogen and oxygen atoms in total. The summed E-state index contributed by atoms with van der Waals surface area (Å²) in [5.74, 6) is -0.779. The number of carboxylic acids is 1. The summed E-state index contributed by atoms with van der Waals surface area (Å²) in [6.45, 7) is 1.69. The molecule has 92 valence electrons. The second-order valence-corrected chi connectivity index (χ2v) is 3.86. The Kier molecular flexibility index (Phi) is 4.09. The number of aryl methyl sites for hydroxylation is 1. The number of hydrogen-bond donors (Lipinski definition) is 1. The van der Waals surface area contributed by atoms with E-state index in [1.165, 1.54) is 17.0 Å². The van der Waals surface area contributed by atoms with Crippen LogP contribution in [0.25, 0.3) is 0 Å². The number of hydrogen-bond acceptors (Lipinski definition) is 3. The molecule has 0 spiro atoms. The molecule has 0 radical (unpaired) electrons. The van der Waals surface area contributed by atoms with Crippen molar-refractivity contribution in [2.24, 2.45) is 0 Å². The average molecular weight is 237 g/mol. The summed E-state index contributed by atoms with van der Waals surface area (Å²) < 4.78 is 5.30. The van der Waals surface area contributed by atoms with Gasteiger partial charge in [-0.05, 0) is 24.6 Å². The van der Waals surface area contributed by atoms with Crippen LogP contribution in [0.15, 0.2) is 18.2 Å². The van der Waals surface area contributed by atoms with Crippen molar-refractivity contribution in [3.63, 3.8) is 0 Å². The minimum atomic E-state index is -1.02. The zero-order chi connectivity index (χ0) is 13.0. The second kappa shape index (κ2) is 5.34. The van der Waals surface area contributed by atoms with Gasteiger partial charge in [-0.2, -0.15) is 0 Å². The Morgan fingerprint density at radius 1 is 1.35 bits per heavy atom. The summed E-state index contributed by atoms with van der Waals surface area (Å²) in [5, 5.41) is 8.84. The molecule has 0 saturated heterocycles. The zero-order valence-corrected chi connectivity index (χ0v) is 10.1. The highest BCUT2D eigenvalue weighted by Crippen LogP contribution is 2.19. The summed E-state index contributed by atoms with van der Waals surface area (Å²) in [5.41, 5.74) is 0.935. The number of benzene rings is 1. The van der Waals surface area contributed by atoms with Crippen LogP contribution in [0.3, 0.4) is 0 Å². The van der Waals surface area contributed by atoms with E-state index in [1.54, 1.807) is 27.1 Å². The molecule has 0 atom stereocenters. The fourth-order valence-electron chi connectivity index (χ4n) is 1.16. The fourth-order valence-corrected chi connectivity index (χ4v) is 1.16. The number of rotatable bonds is 4. The Morgan fingerprint density at radius 3 is 2.53 bits per heavy atom. The lowest BCUT2D eigenvalue weighted by Crippen LogP contribution is -2.27. The molecule has 17 heavy (non-hydrogen) atoms. The van der Waals surface area contributed by atoms with Crippen LogP contribution >= 0.6 is 0 Å². The lowest BCUT2D eigenvalue weighted by atomic mass is 10.1. The summed E-state index contributed by atoms with van der Waals surface area (Å²) in [7, 11) is 3.26. The van der Waals surface area contributed by atoms with Gasteiger partial charge in [-0.25, -0.2) is 4.79 Å². The highest BCUT2D eigenvalue weighted by molar-refractivity contribution is 5.88. The van der Waals surface area contributed by atoms with Gasteiger partial charge in [0.1, 0.15) is 5.75 Å². The molecular formula is C12H15NO4. The van der Waals surface area contributed by atoms with Crippen molar-refractivity contribution in [2.45, 2.75) is 6.92 Å². The summed E-state index contributed by atoms with van der Waals surface area (Å²) in [4.78, 5) is 23.5. The van der Waals surface area contributed by atoms with Gasteiger partial charge >= 0.3 is 5.97 Å². The first kappa shape index (κ1) is 13.0. The van der Waals surface area contributed by atoms with Crippen LogP contribution in [0.1, 0.15) is 15.9 Å².